The van der Waals surface area contributed by atoms with E-state index in [-0.39, 0.29) is 17.3 Å². The molecule has 162 valence electrons. The van der Waals surface area contributed by atoms with Crippen LogP contribution in [0.5, 0.6) is 0 Å². The predicted octanol–water partition coefficient (Wildman–Crippen LogP) is 5.01. The summed E-state index contributed by atoms with van der Waals surface area (Å²) in [6.45, 7) is 0. The van der Waals surface area contributed by atoms with Gasteiger partial charge in [-0.25, -0.2) is 4.98 Å². The number of halogens is 1. The number of nitrogens with one attached hydrogen (secondary N) is 1. The number of rotatable bonds is 7. The van der Waals surface area contributed by atoms with E-state index in [1.54, 1.807) is 23.7 Å². The van der Waals surface area contributed by atoms with E-state index >= 15 is 0 Å². The quantitative estimate of drug-likeness (QED) is 0.203. The summed E-state index contributed by atoms with van der Waals surface area (Å²) in [6, 6.07) is 14.0. The smallest absolute Gasteiger partial charge is 0.270 e. The van der Waals surface area contributed by atoms with E-state index in [1.807, 2.05) is 29.6 Å². The van der Waals surface area contributed by atoms with Gasteiger partial charge in [-0.05, 0) is 12.1 Å². The van der Waals surface area contributed by atoms with Crippen LogP contribution in [0, 0.1) is 10.1 Å². The molecule has 4 rings (SSSR count). The third-order valence-corrected chi connectivity index (χ3v) is 6.68. The highest BCUT2D eigenvalue weighted by Gasteiger charge is 2.16. The fourth-order valence-electron chi connectivity index (χ4n) is 2.82. The van der Waals surface area contributed by atoms with Crippen molar-refractivity contribution in [3.8, 4) is 22.6 Å². The zero-order valence-corrected chi connectivity index (χ0v) is 19.8. The Kier molecular flexibility index (Phi) is 6.63. The molecular formula is C20H15BrN6O3S2. The minimum atomic E-state index is -0.458. The van der Waals surface area contributed by atoms with Crippen LogP contribution in [0.1, 0.15) is 0 Å². The molecule has 0 unspecified atom stereocenters. The SMILES string of the molecule is Cn1c(SCC(=O)Nc2nc(-c3ccc(Br)cc3)cs2)nnc1-c1cccc([N+](=O)[O-])c1. The molecule has 12 heteroatoms. The van der Waals surface area contributed by atoms with Crippen molar-refractivity contribution in [1.29, 1.82) is 0 Å². The Bertz CT molecular complexity index is 1290. The molecule has 0 radical (unpaired) electrons. The van der Waals surface area contributed by atoms with E-state index in [1.165, 1.54) is 35.2 Å². The average molecular weight is 531 g/mol. The minimum absolute atomic E-state index is 0.0231. The molecule has 4 aromatic rings. The van der Waals surface area contributed by atoms with Crippen LogP contribution in [0.2, 0.25) is 0 Å². The lowest BCUT2D eigenvalue weighted by molar-refractivity contribution is -0.384. The number of amides is 1. The molecule has 2 aromatic carbocycles. The van der Waals surface area contributed by atoms with Crippen molar-refractivity contribution in [3.63, 3.8) is 0 Å². The summed E-state index contributed by atoms with van der Waals surface area (Å²) in [5.74, 6) is 0.385. The van der Waals surface area contributed by atoms with Gasteiger partial charge in [0.1, 0.15) is 0 Å². The fraction of sp³-hybridized carbons (Fsp3) is 0.100. The highest BCUT2D eigenvalue weighted by atomic mass is 79.9. The summed E-state index contributed by atoms with van der Waals surface area (Å²) in [5, 5.41) is 25.0. The second-order valence-corrected chi connectivity index (χ2v) is 9.27. The molecule has 2 heterocycles. The van der Waals surface area contributed by atoms with Crippen LogP contribution in [0.4, 0.5) is 10.8 Å². The van der Waals surface area contributed by atoms with Gasteiger partial charge >= 0.3 is 0 Å². The van der Waals surface area contributed by atoms with Crippen molar-refractivity contribution in [1.82, 2.24) is 19.7 Å². The van der Waals surface area contributed by atoms with Crippen molar-refractivity contribution in [3.05, 3.63) is 68.5 Å². The molecule has 0 fully saturated rings. The Labute approximate surface area is 199 Å². The average Bonchev–Trinajstić information content (AvgIpc) is 3.39. The van der Waals surface area contributed by atoms with Crippen LogP contribution in [-0.2, 0) is 11.8 Å². The van der Waals surface area contributed by atoms with Crippen LogP contribution in [0.15, 0.2) is 63.5 Å². The lowest BCUT2D eigenvalue weighted by Gasteiger charge is -2.04. The fourth-order valence-corrected chi connectivity index (χ4v) is 4.53. The Balaban J connectivity index is 1.38. The maximum Gasteiger partial charge on any atom is 0.270 e. The van der Waals surface area contributed by atoms with E-state index < -0.39 is 4.92 Å². The number of carbonyl (C=O) groups excluding carboxylic acids is 1. The Morgan fingerprint density at radius 2 is 2.00 bits per heavy atom. The van der Waals surface area contributed by atoms with Crippen molar-refractivity contribution in [2.75, 3.05) is 11.1 Å². The van der Waals surface area contributed by atoms with E-state index in [0.29, 0.717) is 21.7 Å². The van der Waals surface area contributed by atoms with Gasteiger partial charge in [0.15, 0.2) is 16.1 Å². The minimum Gasteiger partial charge on any atom is -0.305 e. The normalized spacial score (nSPS) is 10.8. The molecule has 1 amide bonds. The van der Waals surface area contributed by atoms with Gasteiger partial charge in [-0.2, -0.15) is 0 Å². The number of non-ortho nitro benzene ring substituents is 1. The molecule has 1 N–H and O–H groups in total. The summed E-state index contributed by atoms with van der Waals surface area (Å²) >= 11 is 5.98. The molecule has 2 aromatic heterocycles. The van der Waals surface area contributed by atoms with Gasteiger partial charge in [0.2, 0.25) is 5.91 Å². The van der Waals surface area contributed by atoms with Gasteiger partial charge in [0.05, 0.1) is 16.4 Å². The van der Waals surface area contributed by atoms with Crippen LogP contribution < -0.4 is 5.32 Å². The summed E-state index contributed by atoms with van der Waals surface area (Å²) in [5.41, 5.74) is 2.31. The van der Waals surface area contributed by atoms with Crippen molar-refractivity contribution >= 4 is 55.8 Å². The number of anilines is 1. The van der Waals surface area contributed by atoms with E-state index in [2.05, 4.69) is 36.4 Å². The van der Waals surface area contributed by atoms with E-state index in [0.717, 1.165) is 15.7 Å². The molecule has 0 aliphatic heterocycles. The predicted molar refractivity (Wildman–Crippen MR) is 128 cm³/mol. The van der Waals surface area contributed by atoms with Crippen molar-refractivity contribution in [2.24, 2.45) is 7.05 Å². The number of hydrogen-bond acceptors (Lipinski definition) is 8. The first-order chi connectivity index (χ1) is 15.4. The Hall–Kier alpha value is -3.09. The highest BCUT2D eigenvalue weighted by Crippen LogP contribution is 2.27. The van der Waals surface area contributed by atoms with Crippen LogP contribution in [0.3, 0.4) is 0 Å². The molecule has 32 heavy (non-hydrogen) atoms. The molecule has 0 spiro atoms. The lowest BCUT2D eigenvalue weighted by atomic mass is 10.2. The number of nitro groups is 1. The zero-order valence-electron chi connectivity index (χ0n) is 16.6. The summed E-state index contributed by atoms with van der Waals surface area (Å²) < 4.78 is 2.69. The number of carbonyl (C=O) groups is 1. The first-order valence-corrected chi connectivity index (χ1v) is 11.8. The summed E-state index contributed by atoms with van der Waals surface area (Å²) in [4.78, 5) is 27.4. The Morgan fingerprint density at radius 1 is 1.22 bits per heavy atom. The number of hydrogen-bond donors (Lipinski definition) is 1. The van der Waals surface area contributed by atoms with Gasteiger partial charge in [-0.3, -0.25) is 14.9 Å². The monoisotopic (exact) mass is 530 g/mol. The summed E-state index contributed by atoms with van der Waals surface area (Å²) in [7, 11) is 1.75. The van der Waals surface area contributed by atoms with Crippen molar-refractivity contribution in [2.45, 2.75) is 5.16 Å². The van der Waals surface area contributed by atoms with Crippen LogP contribution in [0.25, 0.3) is 22.6 Å². The maximum atomic E-state index is 12.4. The van der Waals surface area contributed by atoms with E-state index in [4.69, 9.17) is 0 Å². The topological polar surface area (TPSA) is 116 Å². The standard InChI is InChI=1S/C20H15BrN6O3S2/c1-26-18(13-3-2-4-15(9-13)27(29)30)24-25-20(26)32-11-17(28)23-19-22-16(10-31-19)12-5-7-14(21)8-6-12/h2-10H,11H2,1H3,(H,22,23,28). The molecule has 0 bridgehead atoms. The van der Waals surface area contributed by atoms with Crippen LogP contribution >= 0.6 is 39.0 Å². The number of nitrogens with zero attached hydrogens (tertiary/aromatic N) is 5. The molecule has 0 saturated heterocycles. The molecule has 0 atom stereocenters. The molecule has 0 saturated carbocycles. The number of aromatic nitrogens is 4. The third kappa shape index (κ3) is 5.03. The van der Waals surface area contributed by atoms with Gasteiger partial charge in [0, 0.05) is 40.2 Å². The van der Waals surface area contributed by atoms with E-state index in [9.17, 15) is 14.9 Å². The highest BCUT2D eigenvalue weighted by molar-refractivity contribution is 9.10. The molecule has 0 aliphatic rings. The molecule has 0 aliphatic carbocycles. The zero-order chi connectivity index (χ0) is 22.7. The van der Waals surface area contributed by atoms with Gasteiger partial charge in [-0.15, -0.1) is 21.5 Å². The second-order valence-electron chi connectivity index (χ2n) is 6.55. The molecule has 9 nitrogen and oxygen atoms in total. The number of benzene rings is 2. The maximum absolute atomic E-state index is 12.4. The number of thiazole rings is 1. The van der Waals surface area contributed by atoms with Crippen molar-refractivity contribution < 1.29 is 9.72 Å². The Morgan fingerprint density at radius 3 is 2.75 bits per heavy atom. The number of thioether (sulfide) groups is 1. The van der Waals surface area contributed by atoms with Gasteiger partial charge in [-0.1, -0.05) is 52.0 Å². The molecular weight excluding hydrogens is 516 g/mol. The lowest BCUT2D eigenvalue weighted by Crippen LogP contribution is -2.14. The van der Waals surface area contributed by atoms with Gasteiger partial charge in [0.25, 0.3) is 5.69 Å². The van der Waals surface area contributed by atoms with Crippen LogP contribution in [-0.4, -0.2) is 36.3 Å². The largest absolute Gasteiger partial charge is 0.305 e. The number of nitro benzene ring substituents is 1. The summed E-state index contributed by atoms with van der Waals surface area (Å²) in [6.07, 6.45) is 0. The van der Waals surface area contributed by atoms with Gasteiger partial charge < -0.3 is 9.88 Å². The first-order valence-electron chi connectivity index (χ1n) is 9.19. The second kappa shape index (κ2) is 9.59. The third-order valence-electron chi connectivity index (χ3n) is 4.37. The first kappa shape index (κ1) is 22.1.